The molecule has 17 heteroatoms. The minimum atomic E-state index is -2.23. The van der Waals surface area contributed by atoms with Crippen LogP contribution in [0.15, 0.2) is 30.3 Å². The van der Waals surface area contributed by atoms with Gasteiger partial charge in [0.15, 0.2) is 5.78 Å². The number of aliphatic carboxylic acids is 1. The molecule has 0 aromatic heterocycles. The van der Waals surface area contributed by atoms with Gasteiger partial charge in [-0.3, -0.25) is 14.4 Å². The van der Waals surface area contributed by atoms with Crippen molar-refractivity contribution in [2.45, 2.75) is 110 Å². The second-order valence-corrected chi connectivity index (χ2v) is 14.6. The quantitative estimate of drug-likeness (QED) is 0.144. The van der Waals surface area contributed by atoms with Gasteiger partial charge in [-0.15, -0.1) is 11.8 Å². The Bertz CT molecular complexity index is 1370. The van der Waals surface area contributed by atoms with Crippen molar-refractivity contribution in [1.29, 1.82) is 0 Å². The molecule has 0 bridgehead atoms. The minimum absolute atomic E-state index is 0.00220. The monoisotopic (exact) mass is 681 g/mol. The Kier molecular flexibility index (Phi) is 10.1. The number of nitrogens with one attached hydrogen (secondary N) is 3. The highest BCUT2D eigenvalue weighted by atomic mass is 32.2. The standard InChI is InChI=1S/C16H19N3O4S.C14H24N2O7/c1-16(2)11(15(22)23)19-13(21)10(14(19)24-16)18-12(20)9(17)8-6-4-3-5-7-8;1-5-4-6(17)14(20)13(21-5)22-12-10(19)7(15-2)9(18)8(16-3)11(12)23-14/h3-7,9-11,14H,17H2,1-2H3,(H,18,20)(H,22,23);5,7-13,15-16,18-20H,4H2,1-3H3/t9-,10-,11+,14-;5-,7-,8+,9+,10+,11-,12-,13+,14+/m11/s1. The molecule has 13 atom stereocenters. The number of hydrogen-bond acceptors (Lipinski definition) is 14. The van der Waals surface area contributed by atoms with Gasteiger partial charge in [-0.25, -0.2) is 4.79 Å². The van der Waals surface area contributed by atoms with Gasteiger partial charge in [-0.1, -0.05) is 30.3 Å². The summed E-state index contributed by atoms with van der Waals surface area (Å²) in [6.45, 7) is 5.27. The van der Waals surface area contributed by atoms with E-state index in [4.69, 9.17) is 19.9 Å². The molecule has 0 unspecified atom stereocenters. The van der Waals surface area contributed by atoms with Gasteiger partial charge >= 0.3 is 5.97 Å². The predicted molar refractivity (Wildman–Crippen MR) is 165 cm³/mol. The minimum Gasteiger partial charge on any atom is -0.480 e. The van der Waals surface area contributed by atoms with E-state index in [1.165, 1.54) is 16.7 Å². The summed E-state index contributed by atoms with van der Waals surface area (Å²) in [6, 6.07) is 5.08. The van der Waals surface area contributed by atoms with E-state index < -0.39 is 95.2 Å². The second-order valence-electron chi connectivity index (χ2n) is 12.9. The highest BCUT2D eigenvalue weighted by Gasteiger charge is 2.65. The van der Waals surface area contributed by atoms with Crippen LogP contribution in [0.1, 0.15) is 38.8 Å². The van der Waals surface area contributed by atoms with Gasteiger partial charge in [0.2, 0.25) is 18.1 Å². The Labute approximate surface area is 275 Å². The summed E-state index contributed by atoms with van der Waals surface area (Å²) in [5.74, 6) is -4.62. The summed E-state index contributed by atoms with van der Waals surface area (Å²) in [4.78, 5) is 49.7. The van der Waals surface area contributed by atoms with Crippen LogP contribution in [0.25, 0.3) is 0 Å². The number of aliphatic hydroxyl groups excluding tert-OH is 2. The molecule has 6 rings (SSSR count). The first-order chi connectivity index (χ1) is 22.1. The normalized spacial score (nSPS) is 40.9. The van der Waals surface area contributed by atoms with E-state index >= 15 is 0 Å². The van der Waals surface area contributed by atoms with Crippen molar-refractivity contribution >= 4 is 35.3 Å². The number of carboxylic acids is 1. The first-order valence-electron chi connectivity index (χ1n) is 15.4. The van der Waals surface area contributed by atoms with Gasteiger partial charge in [0.25, 0.3) is 5.79 Å². The lowest BCUT2D eigenvalue weighted by molar-refractivity contribution is -0.420. The fourth-order valence-corrected chi connectivity index (χ4v) is 8.51. The molecule has 0 spiro atoms. The summed E-state index contributed by atoms with van der Waals surface area (Å²) in [5.41, 5.74) is 6.59. The van der Waals surface area contributed by atoms with Crippen LogP contribution in [0.5, 0.6) is 0 Å². The van der Waals surface area contributed by atoms with E-state index in [-0.39, 0.29) is 17.7 Å². The van der Waals surface area contributed by atoms with Crippen molar-refractivity contribution in [3.05, 3.63) is 35.9 Å². The Morgan fingerprint density at radius 1 is 1.04 bits per heavy atom. The van der Waals surface area contributed by atoms with Gasteiger partial charge in [0, 0.05) is 11.2 Å². The third-order valence-electron chi connectivity index (χ3n) is 9.34. The van der Waals surface area contributed by atoms with Crippen molar-refractivity contribution in [3.63, 3.8) is 0 Å². The molecule has 260 valence electrons. The van der Waals surface area contributed by atoms with E-state index in [1.54, 1.807) is 59.1 Å². The Hall–Kier alpha value is -2.71. The lowest BCUT2D eigenvalue weighted by Crippen LogP contribution is -2.77. The third kappa shape index (κ3) is 6.18. The summed E-state index contributed by atoms with van der Waals surface area (Å²) < 4.78 is 16.2. The molecular weight excluding hydrogens is 638 g/mol. The van der Waals surface area contributed by atoms with Crippen LogP contribution >= 0.6 is 11.8 Å². The molecular formula is C30H43N5O11S. The van der Waals surface area contributed by atoms with Gasteiger partial charge in [-0.2, -0.15) is 0 Å². The number of nitrogens with two attached hydrogens (primary N) is 1. The van der Waals surface area contributed by atoms with E-state index in [2.05, 4.69) is 16.0 Å². The van der Waals surface area contributed by atoms with Gasteiger partial charge in [-0.05, 0) is 40.4 Å². The Morgan fingerprint density at radius 3 is 2.28 bits per heavy atom. The molecule has 5 fully saturated rings. The van der Waals surface area contributed by atoms with Crippen LogP contribution in [0, 0.1) is 0 Å². The summed E-state index contributed by atoms with van der Waals surface area (Å²) in [6.07, 6.45) is -5.58. The maximum absolute atomic E-state index is 12.3. The zero-order chi connectivity index (χ0) is 34.6. The number of likely N-dealkylation sites (N-methyl/N-ethyl adjacent to an activating group) is 2. The van der Waals surface area contributed by atoms with Crippen molar-refractivity contribution in [2.24, 2.45) is 5.73 Å². The van der Waals surface area contributed by atoms with Gasteiger partial charge in [0.05, 0.1) is 24.3 Å². The number of rotatable bonds is 6. The summed E-state index contributed by atoms with van der Waals surface area (Å²) in [7, 11) is 3.24. The smallest absolute Gasteiger partial charge is 0.327 e. The number of hydrogen-bond donors (Lipinski definition) is 8. The first-order valence-corrected chi connectivity index (χ1v) is 16.2. The van der Waals surface area contributed by atoms with Crippen molar-refractivity contribution in [2.75, 3.05) is 14.1 Å². The zero-order valence-corrected chi connectivity index (χ0v) is 27.4. The maximum Gasteiger partial charge on any atom is 0.327 e. The highest BCUT2D eigenvalue weighted by Crippen LogP contribution is 2.50. The average Bonchev–Trinajstić information content (AvgIpc) is 3.28. The number of carboxylic acid groups (broad SMARTS) is 1. The summed E-state index contributed by atoms with van der Waals surface area (Å²) >= 11 is 1.38. The van der Waals surface area contributed by atoms with Crippen LogP contribution < -0.4 is 21.7 Å². The lowest BCUT2D eigenvalue weighted by atomic mass is 9.80. The van der Waals surface area contributed by atoms with E-state index in [0.29, 0.717) is 5.56 Å². The molecule has 4 aliphatic heterocycles. The van der Waals surface area contributed by atoms with Gasteiger partial charge in [0.1, 0.15) is 41.8 Å². The third-order valence-corrected chi connectivity index (χ3v) is 10.9. The Morgan fingerprint density at radius 2 is 1.68 bits per heavy atom. The number of β-lactam (4-membered cyclic amide) rings is 1. The molecule has 4 saturated heterocycles. The Balaban J connectivity index is 0.000000185. The number of amides is 2. The van der Waals surface area contributed by atoms with Crippen molar-refractivity contribution in [1.82, 2.24) is 20.9 Å². The molecule has 2 amide bonds. The largest absolute Gasteiger partial charge is 0.480 e. The number of Topliss-reactive ketones (excluding diaryl/α,β-unsaturated/α-hetero) is 1. The first kappa shape index (κ1) is 35.6. The zero-order valence-electron chi connectivity index (χ0n) is 26.6. The number of carbonyl (C=O) groups excluding carboxylic acids is 3. The number of thioether (sulfide) groups is 1. The average molecular weight is 682 g/mol. The topological polar surface area (TPSA) is 242 Å². The van der Waals surface area contributed by atoms with Crippen LogP contribution in [-0.4, -0.2) is 140 Å². The highest BCUT2D eigenvalue weighted by molar-refractivity contribution is 8.01. The fraction of sp³-hybridized carbons (Fsp3) is 0.667. The molecule has 9 N–H and O–H groups in total. The van der Waals surface area contributed by atoms with E-state index in [9.17, 15) is 39.6 Å². The number of carbonyl (C=O) groups is 4. The van der Waals surface area contributed by atoms with Crippen LogP contribution in [0.3, 0.4) is 0 Å². The van der Waals surface area contributed by atoms with Gasteiger partial charge < -0.3 is 61.2 Å². The van der Waals surface area contributed by atoms with Crippen LogP contribution in [-0.2, 0) is 33.4 Å². The molecule has 0 radical (unpaired) electrons. The SMILES string of the molecule is CC1(C)S[C@@H]2[C@H](NC(=O)[C@H](N)c3ccccc3)C(=O)N2[C@H]1C(=O)O.CN[C@@H]1[C@H](O)[C@H](NC)[C@H]2O[C@@]3(O)C(=O)C[C@@H](C)O[C@H]3O[C@@H]2[C@H]1O. The van der Waals surface area contributed by atoms with E-state index in [1.807, 2.05) is 6.07 Å². The van der Waals surface area contributed by atoms with E-state index in [0.717, 1.165) is 0 Å². The number of ketones is 1. The van der Waals surface area contributed by atoms with Crippen molar-refractivity contribution in [3.8, 4) is 0 Å². The molecule has 1 saturated carbocycles. The van der Waals surface area contributed by atoms with Crippen LogP contribution in [0.4, 0.5) is 0 Å². The number of benzene rings is 1. The van der Waals surface area contributed by atoms with Crippen LogP contribution in [0.2, 0.25) is 0 Å². The molecule has 47 heavy (non-hydrogen) atoms. The lowest BCUT2D eigenvalue weighted by Gasteiger charge is -2.55. The fourth-order valence-electron chi connectivity index (χ4n) is 6.88. The maximum atomic E-state index is 12.3. The molecule has 16 nitrogen and oxygen atoms in total. The summed E-state index contributed by atoms with van der Waals surface area (Å²) in [5, 5.41) is 48.9. The number of nitrogens with zero attached hydrogens (tertiary/aromatic N) is 1. The predicted octanol–water partition coefficient (Wildman–Crippen LogP) is -2.61. The second kappa shape index (κ2) is 13.3. The number of aliphatic hydroxyl groups is 3. The molecule has 1 aromatic rings. The molecule has 1 aromatic carbocycles. The molecule has 1 aliphatic carbocycles. The number of ether oxygens (including phenoxy) is 3. The molecule has 4 heterocycles. The van der Waals surface area contributed by atoms with Crippen molar-refractivity contribution < 1.29 is 53.8 Å². The molecule has 5 aliphatic rings. The number of fused-ring (bicyclic) bond motifs is 3.